The van der Waals surface area contributed by atoms with Gasteiger partial charge in [-0.2, -0.15) is 0 Å². The van der Waals surface area contributed by atoms with Crippen LogP contribution in [0.2, 0.25) is 0 Å². The molecule has 1 aliphatic rings. The van der Waals surface area contributed by atoms with Crippen LogP contribution in [-0.2, 0) is 11.3 Å². The molecule has 5 rings (SSSR count). The summed E-state index contributed by atoms with van der Waals surface area (Å²) in [5, 5.41) is 14.3. The smallest absolute Gasteiger partial charge is 0.255 e. The molecule has 8 nitrogen and oxygen atoms in total. The van der Waals surface area contributed by atoms with Gasteiger partial charge in [-0.05, 0) is 65.2 Å². The number of benzene rings is 3. The fourth-order valence-electron chi connectivity index (χ4n) is 4.90. The number of nitrogens with zero attached hydrogens (tertiary/aromatic N) is 5. The molecule has 1 fully saturated rings. The van der Waals surface area contributed by atoms with E-state index in [1.807, 2.05) is 72.8 Å². The maximum atomic E-state index is 14.1. The number of rotatable bonds is 7. The molecule has 8 heteroatoms. The summed E-state index contributed by atoms with van der Waals surface area (Å²) in [5.74, 6) is -0.310. The van der Waals surface area contributed by atoms with E-state index < -0.39 is 5.54 Å². The second-order valence-corrected chi connectivity index (χ2v) is 9.09. The standard InChI is InChI=1S/C28H28N6O2/c35-26(23-14-16-25(17-15-23)34-21-29-31-32-34)33(20-22-10-4-1-5-11-22)28(18-8-3-9-19-28)27(36)30-24-12-6-2-7-13-24/h1-2,4-7,10-17,21H,3,8-9,18-20H2,(H,30,36). The van der Waals surface area contributed by atoms with Gasteiger partial charge in [0.05, 0.1) is 5.69 Å². The van der Waals surface area contributed by atoms with E-state index >= 15 is 0 Å². The Morgan fingerprint density at radius 1 is 0.861 bits per heavy atom. The third-order valence-electron chi connectivity index (χ3n) is 6.81. The van der Waals surface area contributed by atoms with Crippen molar-refractivity contribution in [2.75, 3.05) is 5.32 Å². The molecule has 0 saturated heterocycles. The summed E-state index contributed by atoms with van der Waals surface area (Å²) in [6.07, 6.45) is 5.57. The van der Waals surface area contributed by atoms with Crippen molar-refractivity contribution in [3.8, 4) is 5.69 Å². The average Bonchev–Trinajstić information content (AvgIpc) is 3.48. The summed E-state index contributed by atoms with van der Waals surface area (Å²) in [5.41, 5.74) is 2.02. The van der Waals surface area contributed by atoms with Crippen molar-refractivity contribution in [2.45, 2.75) is 44.2 Å². The number of aromatic nitrogens is 4. The highest BCUT2D eigenvalue weighted by Crippen LogP contribution is 2.37. The molecule has 3 aromatic carbocycles. The second kappa shape index (κ2) is 10.5. The van der Waals surface area contributed by atoms with Crippen LogP contribution in [0.25, 0.3) is 5.69 Å². The number of carbonyl (C=O) groups excluding carboxylic acids is 2. The Balaban J connectivity index is 1.51. The van der Waals surface area contributed by atoms with Gasteiger partial charge in [-0.1, -0.05) is 67.8 Å². The van der Waals surface area contributed by atoms with Gasteiger partial charge >= 0.3 is 0 Å². The number of anilines is 1. The van der Waals surface area contributed by atoms with Gasteiger partial charge in [0.2, 0.25) is 5.91 Å². The van der Waals surface area contributed by atoms with Crippen LogP contribution >= 0.6 is 0 Å². The van der Waals surface area contributed by atoms with Crippen molar-refractivity contribution in [1.82, 2.24) is 25.1 Å². The minimum atomic E-state index is -0.949. The van der Waals surface area contributed by atoms with E-state index in [1.54, 1.807) is 17.0 Å². The SMILES string of the molecule is O=C(c1ccc(-n2cnnn2)cc1)N(Cc1ccccc1)C1(C(=O)Nc2ccccc2)CCCCC1. The van der Waals surface area contributed by atoms with Gasteiger partial charge in [0.25, 0.3) is 5.91 Å². The van der Waals surface area contributed by atoms with Crippen LogP contribution < -0.4 is 5.32 Å². The summed E-state index contributed by atoms with van der Waals surface area (Å²) >= 11 is 0. The molecular weight excluding hydrogens is 452 g/mol. The van der Waals surface area contributed by atoms with Crippen molar-refractivity contribution >= 4 is 17.5 Å². The Morgan fingerprint density at radius 2 is 1.53 bits per heavy atom. The summed E-state index contributed by atoms with van der Waals surface area (Å²) in [6, 6.07) is 26.4. The molecule has 1 saturated carbocycles. The molecule has 4 aromatic rings. The fraction of sp³-hybridized carbons (Fsp3) is 0.250. The lowest BCUT2D eigenvalue weighted by atomic mass is 9.78. The van der Waals surface area contributed by atoms with Gasteiger partial charge in [0.15, 0.2) is 0 Å². The third kappa shape index (κ3) is 4.88. The van der Waals surface area contributed by atoms with E-state index in [-0.39, 0.29) is 11.8 Å². The van der Waals surface area contributed by atoms with E-state index in [1.165, 1.54) is 11.0 Å². The Bertz CT molecular complexity index is 1290. The van der Waals surface area contributed by atoms with Gasteiger partial charge in [-0.15, -0.1) is 5.10 Å². The van der Waals surface area contributed by atoms with Gasteiger partial charge in [-0.3, -0.25) is 9.59 Å². The first kappa shape index (κ1) is 23.4. The molecule has 36 heavy (non-hydrogen) atoms. The molecular formula is C28H28N6O2. The van der Waals surface area contributed by atoms with Crippen LogP contribution in [0.3, 0.4) is 0 Å². The molecule has 0 bridgehead atoms. The number of hydrogen-bond acceptors (Lipinski definition) is 5. The molecule has 1 aliphatic carbocycles. The van der Waals surface area contributed by atoms with Crippen LogP contribution in [0.1, 0.15) is 48.0 Å². The lowest BCUT2D eigenvalue weighted by Gasteiger charge is -2.45. The predicted molar refractivity (Wildman–Crippen MR) is 136 cm³/mol. The molecule has 1 N–H and O–H groups in total. The normalized spacial score (nSPS) is 14.7. The van der Waals surface area contributed by atoms with Crippen LogP contribution in [0, 0.1) is 0 Å². The van der Waals surface area contributed by atoms with Crippen LogP contribution in [0.4, 0.5) is 5.69 Å². The number of para-hydroxylation sites is 1. The Hall–Kier alpha value is -4.33. The van der Waals surface area contributed by atoms with E-state index in [4.69, 9.17) is 0 Å². The van der Waals surface area contributed by atoms with Crippen molar-refractivity contribution < 1.29 is 9.59 Å². The van der Waals surface area contributed by atoms with Crippen molar-refractivity contribution in [3.63, 3.8) is 0 Å². The van der Waals surface area contributed by atoms with Crippen molar-refractivity contribution in [1.29, 1.82) is 0 Å². The van der Waals surface area contributed by atoms with Crippen LogP contribution in [-0.4, -0.2) is 42.5 Å². The van der Waals surface area contributed by atoms with Gasteiger partial charge < -0.3 is 10.2 Å². The van der Waals surface area contributed by atoms with Crippen molar-refractivity contribution in [2.24, 2.45) is 0 Å². The topological polar surface area (TPSA) is 93.0 Å². The maximum Gasteiger partial charge on any atom is 0.255 e. The number of hydrogen-bond donors (Lipinski definition) is 1. The van der Waals surface area contributed by atoms with Gasteiger partial charge in [-0.25, -0.2) is 4.68 Å². The zero-order valence-electron chi connectivity index (χ0n) is 20.0. The Kier molecular flexibility index (Phi) is 6.84. The minimum absolute atomic E-state index is 0.136. The summed E-state index contributed by atoms with van der Waals surface area (Å²) in [6.45, 7) is 0.344. The van der Waals surface area contributed by atoms with E-state index in [0.29, 0.717) is 24.9 Å². The van der Waals surface area contributed by atoms with Crippen LogP contribution in [0.5, 0.6) is 0 Å². The summed E-state index contributed by atoms with van der Waals surface area (Å²) in [4.78, 5) is 29.8. The summed E-state index contributed by atoms with van der Waals surface area (Å²) in [7, 11) is 0. The third-order valence-corrected chi connectivity index (χ3v) is 6.81. The quantitative estimate of drug-likeness (QED) is 0.416. The lowest BCUT2D eigenvalue weighted by molar-refractivity contribution is -0.129. The first-order chi connectivity index (χ1) is 17.7. The Morgan fingerprint density at radius 3 is 2.17 bits per heavy atom. The summed E-state index contributed by atoms with van der Waals surface area (Å²) < 4.78 is 1.53. The van der Waals surface area contributed by atoms with Gasteiger partial charge in [0.1, 0.15) is 11.9 Å². The molecule has 182 valence electrons. The average molecular weight is 481 g/mol. The van der Waals surface area contributed by atoms with Gasteiger partial charge in [0, 0.05) is 17.8 Å². The van der Waals surface area contributed by atoms with E-state index in [0.717, 1.165) is 36.2 Å². The highest BCUT2D eigenvalue weighted by Gasteiger charge is 2.47. The minimum Gasteiger partial charge on any atom is -0.324 e. The first-order valence-corrected chi connectivity index (χ1v) is 12.2. The largest absolute Gasteiger partial charge is 0.324 e. The zero-order valence-corrected chi connectivity index (χ0v) is 20.0. The number of tetrazole rings is 1. The zero-order chi connectivity index (χ0) is 24.8. The first-order valence-electron chi connectivity index (χ1n) is 12.2. The molecule has 0 spiro atoms. The maximum absolute atomic E-state index is 14.1. The molecule has 0 aliphatic heterocycles. The van der Waals surface area contributed by atoms with E-state index in [2.05, 4.69) is 20.8 Å². The second-order valence-electron chi connectivity index (χ2n) is 9.09. The Labute approximate surface area is 209 Å². The molecule has 1 aromatic heterocycles. The van der Waals surface area contributed by atoms with Crippen LogP contribution in [0.15, 0.2) is 91.3 Å². The van der Waals surface area contributed by atoms with E-state index in [9.17, 15) is 9.59 Å². The highest BCUT2D eigenvalue weighted by atomic mass is 16.2. The lowest BCUT2D eigenvalue weighted by Crippen LogP contribution is -2.59. The molecule has 2 amide bonds. The fourth-order valence-corrected chi connectivity index (χ4v) is 4.90. The highest BCUT2D eigenvalue weighted by molar-refractivity contribution is 6.03. The predicted octanol–water partition coefficient (Wildman–Crippen LogP) is 4.65. The van der Waals surface area contributed by atoms with Crippen molar-refractivity contribution in [3.05, 3.63) is 102 Å². The molecule has 0 atom stereocenters. The molecule has 0 unspecified atom stereocenters. The monoisotopic (exact) mass is 480 g/mol. The number of nitrogens with one attached hydrogen (secondary N) is 1. The molecule has 1 heterocycles. The molecule has 0 radical (unpaired) electrons. The number of carbonyl (C=O) groups is 2. The number of amides is 2.